The van der Waals surface area contributed by atoms with Crippen LogP contribution in [-0.2, 0) is 9.53 Å². The molecule has 0 saturated carbocycles. The highest BCUT2D eigenvalue weighted by atomic mass is 35.5. The molecule has 0 radical (unpaired) electrons. The number of benzene rings is 1. The summed E-state index contributed by atoms with van der Waals surface area (Å²) in [6.45, 7) is 1.58. The van der Waals surface area contributed by atoms with Gasteiger partial charge in [0.05, 0.1) is 10.6 Å². The van der Waals surface area contributed by atoms with Gasteiger partial charge in [-0.2, -0.15) is 0 Å². The standard InChI is InChI=1S/C16H13ClN2O5/c1-9(15(20)19-14-5-3-11(17)7-18-14)24-16(21)10-2-4-12-13(6-10)23-8-22-12/h2-7,9H,8H2,1H3,(H,18,19,20). The van der Waals surface area contributed by atoms with Crippen LogP contribution < -0.4 is 14.8 Å². The van der Waals surface area contributed by atoms with Gasteiger partial charge < -0.3 is 19.5 Å². The number of halogens is 1. The fourth-order valence-electron chi connectivity index (χ4n) is 1.98. The molecule has 1 amide bonds. The van der Waals surface area contributed by atoms with E-state index in [0.717, 1.165) is 0 Å². The number of nitrogens with zero attached hydrogens (tertiary/aromatic N) is 1. The first kappa shape index (κ1) is 16.1. The minimum absolute atomic E-state index is 0.112. The number of aromatic nitrogens is 1. The van der Waals surface area contributed by atoms with Crippen molar-refractivity contribution < 1.29 is 23.8 Å². The molecule has 8 heteroatoms. The van der Waals surface area contributed by atoms with Crippen molar-refractivity contribution in [3.8, 4) is 11.5 Å². The van der Waals surface area contributed by atoms with Crippen LogP contribution in [0.2, 0.25) is 5.02 Å². The summed E-state index contributed by atoms with van der Waals surface area (Å²) < 4.78 is 15.5. The normalized spacial score (nSPS) is 13.2. The van der Waals surface area contributed by atoms with Gasteiger partial charge >= 0.3 is 5.97 Å². The van der Waals surface area contributed by atoms with E-state index in [9.17, 15) is 9.59 Å². The van der Waals surface area contributed by atoms with Crippen LogP contribution in [0.4, 0.5) is 5.82 Å². The van der Waals surface area contributed by atoms with Crippen LogP contribution in [0.15, 0.2) is 36.5 Å². The Morgan fingerprint density at radius 1 is 1.25 bits per heavy atom. The number of ether oxygens (including phenoxy) is 3. The summed E-state index contributed by atoms with van der Waals surface area (Å²) in [5, 5.41) is 2.99. The van der Waals surface area contributed by atoms with E-state index in [0.29, 0.717) is 22.3 Å². The molecule has 0 aliphatic carbocycles. The van der Waals surface area contributed by atoms with Crippen molar-refractivity contribution >= 4 is 29.3 Å². The molecule has 3 rings (SSSR count). The van der Waals surface area contributed by atoms with Gasteiger partial charge in [-0.3, -0.25) is 4.79 Å². The third kappa shape index (κ3) is 3.57. The SMILES string of the molecule is CC(OC(=O)c1ccc2c(c1)OCO2)C(=O)Nc1ccc(Cl)cn1. The number of carbonyl (C=O) groups excluding carboxylic acids is 2. The van der Waals surface area contributed by atoms with Crippen LogP contribution >= 0.6 is 11.6 Å². The van der Waals surface area contributed by atoms with Crippen LogP contribution in [0, 0.1) is 0 Å². The van der Waals surface area contributed by atoms with Crippen molar-refractivity contribution in [1.82, 2.24) is 4.98 Å². The van der Waals surface area contributed by atoms with Crippen LogP contribution in [0.5, 0.6) is 11.5 Å². The smallest absolute Gasteiger partial charge is 0.339 e. The number of fused-ring (bicyclic) bond motifs is 1. The zero-order valence-electron chi connectivity index (χ0n) is 12.6. The summed E-state index contributed by atoms with van der Waals surface area (Å²) in [5.74, 6) is 0.201. The maximum Gasteiger partial charge on any atom is 0.339 e. The summed E-state index contributed by atoms with van der Waals surface area (Å²) >= 11 is 5.72. The van der Waals surface area contributed by atoms with Gasteiger partial charge in [-0.15, -0.1) is 0 Å². The Hall–Kier alpha value is -2.80. The van der Waals surface area contributed by atoms with E-state index in [4.69, 9.17) is 25.8 Å². The van der Waals surface area contributed by atoms with Gasteiger partial charge in [0, 0.05) is 6.20 Å². The van der Waals surface area contributed by atoms with Crippen molar-refractivity contribution in [2.24, 2.45) is 0 Å². The number of nitrogens with one attached hydrogen (secondary N) is 1. The monoisotopic (exact) mass is 348 g/mol. The summed E-state index contributed by atoms with van der Waals surface area (Å²) in [5.41, 5.74) is 0.267. The molecule has 1 aromatic carbocycles. The Balaban J connectivity index is 1.61. The molecule has 1 unspecified atom stereocenters. The number of esters is 1. The maximum absolute atomic E-state index is 12.1. The van der Waals surface area contributed by atoms with E-state index in [2.05, 4.69) is 10.3 Å². The summed E-state index contributed by atoms with van der Waals surface area (Å²) in [7, 11) is 0. The lowest BCUT2D eigenvalue weighted by Gasteiger charge is -2.13. The first-order chi connectivity index (χ1) is 11.5. The van der Waals surface area contributed by atoms with Crippen molar-refractivity contribution in [2.45, 2.75) is 13.0 Å². The molecular weight excluding hydrogens is 336 g/mol. The summed E-state index contributed by atoms with van der Waals surface area (Å²) in [6, 6.07) is 7.80. The second-order valence-electron chi connectivity index (χ2n) is 4.97. The zero-order chi connectivity index (χ0) is 17.1. The van der Waals surface area contributed by atoms with E-state index >= 15 is 0 Å². The highest BCUT2D eigenvalue weighted by Gasteiger charge is 2.22. The zero-order valence-corrected chi connectivity index (χ0v) is 13.4. The highest BCUT2D eigenvalue weighted by molar-refractivity contribution is 6.30. The molecule has 7 nitrogen and oxygen atoms in total. The van der Waals surface area contributed by atoms with Gasteiger partial charge in [-0.05, 0) is 37.3 Å². The van der Waals surface area contributed by atoms with E-state index in [1.54, 1.807) is 24.3 Å². The van der Waals surface area contributed by atoms with Gasteiger partial charge in [0.2, 0.25) is 6.79 Å². The molecule has 1 aliphatic rings. The van der Waals surface area contributed by atoms with Crippen LogP contribution in [0.1, 0.15) is 17.3 Å². The van der Waals surface area contributed by atoms with Crippen molar-refractivity contribution in [3.05, 3.63) is 47.1 Å². The Morgan fingerprint density at radius 3 is 2.79 bits per heavy atom. The van der Waals surface area contributed by atoms with Crippen LogP contribution in [0.25, 0.3) is 0 Å². The molecule has 2 aromatic rings. The van der Waals surface area contributed by atoms with Crippen molar-refractivity contribution in [3.63, 3.8) is 0 Å². The molecular formula is C16H13ClN2O5. The lowest BCUT2D eigenvalue weighted by molar-refractivity contribution is -0.123. The predicted molar refractivity (Wildman–Crippen MR) is 85.3 cm³/mol. The molecule has 0 spiro atoms. The Morgan fingerprint density at radius 2 is 2.04 bits per heavy atom. The van der Waals surface area contributed by atoms with Gasteiger partial charge in [-0.1, -0.05) is 11.6 Å². The molecule has 124 valence electrons. The van der Waals surface area contributed by atoms with E-state index in [-0.39, 0.29) is 12.4 Å². The molecule has 2 heterocycles. The lowest BCUT2D eigenvalue weighted by Crippen LogP contribution is -2.30. The topological polar surface area (TPSA) is 86.8 Å². The predicted octanol–water partition coefficient (Wildman–Crippen LogP) is 2.65. The number of hydrogen-bond donors (Lipinski definition) is 1. The second-order valence-corrected chi connectivity index (χ2v) is 5.40. The van der Waals surface area contributed by atoms with Crippen LogP contribution in [0.3, 0.4) is 0 Å². The van der Waals surface area contributed by atoms with Crippen LogP contribution in [-0.4, -0.2) is 29.8 Å². The van der Waals surface area contributed by atoms with E-state index in [1.807, 2.05) is 0 Å². The van der Waals surface area contributed by atoms with E-state index < -0.39 is 18.0 Å². The summed E-state index contributed by atoms with van der Waals surface area (Å²) in [4.78, 5) is 28.1. The second kappa shape index (κ2) is 6.76. The Kier molecular flexibility index (Phi) is 4.52. The number of anilines is 1. The molecule has 24 heavy (non-hydrogen) atoms. The third-order valence-corrected chi connectivity index (χ3v) is 3.46. The first-order valence-corrected chi connectivity index (χ1v) is 7.44. The molecule has 1 aliphatic heterocycles. The average Bonchev–Trinajstić information content (AvgIpc) is 3.04. The van der Waals surface area contributed by atoms with Crippen molar-refractivity contribution in [1.29, 1.82) is 0 Å². The van der Waals surface area contributed by atoms with Gasteiger partial charge in [0.15, 0.2) is 17.6 Å². The average molecular weight is 349 g/mol. The maximum atomic E-state index is 12.1. The quantitative estimate of drug-likeness (QED) is 0.855. The minimum atomic E-state index is -1.000. The molecule has 0 fully saturated rings. The lowest BCUT2D eigenvalue weighted by atomic mass is 10.2. The fraction of sp³-hybridized carbons (Fsp3) is 0.188. The van der Waals surface area contributed by atoms with Crippen molar-refractivity contribution in [2.75, 3.05) is 12.1 Å². The highest BCUT2D eigenvalue weighted by Crippen LogP contribution is 2.32. The molecule has 1 aromatic heterocycles. The third-order valence-electron chi connectivity index (χ3n) is 3.24. The Bertz CT molecular complexity index is 779. The number of rotatable bonds is 4. The fourth-order valence-corrected chi connectivity index (χ4v) is 2.10. The summed E-state index contributed by atoms with van der Waals surface area (Å²) in [6.07, 6.45) is 0.404. The van der Waals surface area contributed by atoms with Gasteiger partial charge in [0.1, 0.15) is 5.82 Å². The largest absolute Gasteiger partial charge is 0.454 e. The number of hydrogen-bond acceptors (Lipinski definition) is 6. The minimum Gasteiger partial charge on any atom is -0.454 e. The van der Waals surface area contributed by atoms with Gasteiger partial charge in [0.25, 0.3) is 5.91 Å². The Labute approximate surface area is 142 Å². The number of carbonyl (C=O) groups is 2. The molecule has 1 atom stereocenters. The van der Waals surface area contributed by atoms with E-state index in [1.165, 1.54) is 19.2 Å². The number of pyridine rings is 1. The van der Waals surface area contributed by atoms with Gasteiger partial charge in [-0.25, -0.2) is 9.78 Å². The molecule has 0 saturated heterocycles. The first-order valence-electron chi connectivity index (χ1n) is 7.06. The molecule has 0 bridgehead atoms. The number of amides is 1. The molecule has 1 N–H and O–H groups in total.